The molecular weight excluding hydrogens is 396 g/mol. The predicted octanol–water partition coefficient (Wildman–Crippen LogP) is 4.60. The molecule has 0 aliphatic carbocycles. The van der Waals surface area contributed by atoms with Crippen molar-refractivity contribution in [1.29, 1.82) is 0 Å². The number of nitrogens with two attached hydrogens (primary N) is 1. The Morgan fingerprint density at radius 3 is 2.76 bits per heavy atom. The topological polar surface area (TPSA) is 78.1 Å². The molecule has 4 rings (SSSR count). The Hall–Kier alpha value is -3.39. The number of halogens is 2. The van der Waals surface area contributed by atoms with E-state index in [0.717, 1.165) is 22.3 Å². The van der Waals surface area contributed by atoms with E-state index >= 15 is 0 Å². The molecule has 0 aliphatic rings. The molecule has 0 fully saturated rings. The van der Waals surface area contributed by atoms with Crippen molar-refractivity contribution < 1.29 is 13.5 Å². The highest BCUT2D eigenvalue weighted by Crippen LogP contribution is 2.30. The van der Waals surface area contributed by atoms with Gasteiger partial charge in [-0.05, 0) is 59.8 Å². The van der Waals surface area contributed by atoms with E-state index in [2.05, 4.69) is 9.97 Å². The van der Waals surface area contributed by atoms with Gasteiger partial charge in [-0.2, -0.15) is 0 Å². The van der Waals surface area contributed by atoms with E-state index in [0.29, 0.717) is 21.6 Å². The third-order valence-electron chi connectivity index (χ3n) is 4.56. The van der Waals surface area contributed by atoms with E-state index in [4.69, 9.17) is 10.5 Å². The summed E-state index contributed by atoms with van der Waals surface area (Å²) in [7, 11) is 0. The van der Waals surface area contributed by atoms with Gasteiger partial charge in [0.1, 0.15) is 5.75 Å². The van der Waals surface area contributed by atoms with E-state index in [-0.39, 0.29) is 22.9 Å². The van der Waals surface area contributed by atoms with E-state index in [1.165, 1.54) is 30.6 Å². The van der Waals surface area contributed by atoms with Gasteiger partial charge in [-0.3, -0.25) is 4.79 Å². The van der Waals surface area contributed by atoms with Gasteiger partial charge in [0.2, 0.25) is 4.74 Å². The lowest BCUT2D eigenvalue weighted by molar-refractivity contribution is 0.423. The van der Waals surface area contributed by atoms with Crippen LogP contribution in [0.1, 0.15) is 16.7 Å². The van der Waals surface area contributed by atoms with Gasteiger partial charge in [0, 0.05) is 29.1 Å². The normalized spacial score (nSPS) is 11.0. The third-order valence-corrected chi connectivity index (χ3v) is 5.55. The standard InChI is InChI=1S/C21H15F2N3O2S/c1-11-14-5-4-13(28-20-16(22)3-2-7-26-20)10-17(14)29-21(27)15(11)9-12-6-8-25-19(24)18(12)23/h2-8,10H,9H2,1H3,(H2,24,25). The fourth-order valence-corrected chi connectivity index (χ4v) is 4.08. The summed E-state index contributed by atoms with van der Waals surface area (Å²) in [5.74, 6) is -1.16. The minimum atomic E-state index is -0.613. The van der Waals surface area contributed by atoms with Crippen LogP contribution in [0.25, 0.3) is 10.1 Å². The molecule has 29 heavy (non-hydrogen) atoms. The summed E-state index contributed by atoms with van der Waals surface area (Å²) >= 11 is 1.02. The Bertz CT molecular complexity index is 1290. The van der Waals surface area contributed by atoms with Crippen LogP contribution < -0.4 is 15.2 Å². The van der Waals surface area contributed by atoms with Crippen molar-refractivity contribution in [2.24, 2.45) is 0 Å². The van der Waals surface area contributed by atoms with Crippen LogP contribution in [-0.4, -0.2) is 9.97 Å². The average Bonchev–Trinajstić information content (AvgIpc) is 2.70. The van der Waals surface area contributed by atoms with Crippen LogP contribution in [0.5, 0.6) is 11.6 Å². The van der Waals surface area contributed by atoms with E-state index in [1.54, 1.807) is 18.2 Å². The SMILES string of the molecule is Cc1c(Cc2ccnc(N)c2F)c(=O)sc2cc(Oc3ncccc3F)ccc12. The minimum Gasteiger partial charge on any atom is -0.436 e. The summed E-state index contributed by atoms with van der Waals surface area (Å²) < 4.78 is 34.0. The van der Waals surface area contributed by atoms with Gasteiger partial charge in [0.05, 0.1) is 0 Å². The fourth-order valence-electron chi connectivity index (χ4n) is 3.03. The summed E-state index contributed by atoms with van der Waals surface area (Å²) in [6.07, 6.45) is 2.96. The first-order chi connectivity index (χ1) is 13.9. The molecule has 3 aromatic heterocycles. The molecule has 0 unspecified atom stereocenters. The summed E-state index contributed by atoms with van der Waals surface area (Å²) in [4.78, 5) is 20.3. The van der Waals surface area contributed by atoms with Gasteiger partial charge in [-0.15, -0.1) is 0 Å². The Morgan fingerprint density at radius 1 is 1.14 bits per heavy atom. The second kappa shape index (κ2) is 7.56. The number of rotatable bonds is 4. The van der Waals surface area contributed by atoms with Crippen LogP contribution in [-0.2, 0) is 6.42 Å². The first kappa shape index (κ1) is 18.9. The lowest BCUT2D eigenvalue weighted by atomic mass is 10.0. The van der Waals surface area contributed by atoms with Gasteiger partial charge in [0.25, 0.3) is 5.88 Å². The Balaban J connectivity index is 1.73. The van der Waals surface area contributed by atoms with Gasteiger partial charge < -0.3 is 10.5 Å². The zero-order valence-corrected chi connectivity index (χ0v) is 16.1. The predicted molar refractivity (Wildman–Crippen MR) is 109 cm³/mol. The van der Waals surface area contributed by atoms with Crippen LogP contribution in [0, 0.1) is 18.6 Å². The molecule has 0 atom stereocenters. The largest absolute Gasteiger partial charge is 0.436 e. The van der Waals surface area contributed by atoms with E-state index < -0.39 is 11.6 Å². The molecule has 5 nitrogen and oxygen atoms in total. The maximum atomic E-state index is 14.2. The van der Waals surface area contributed by atoms with Crippen molar-refractivity contribution in [3.05, 3.63) is 86.7 Å². The highest BCUT2D eigenvalue weighted by atomic mass is 32.1. The number of benzene rings is 1. The molecule has 0 aliphatic heterocycles. The Morgan fingerprint density at radius 2 is 1.97 bits per heavy atom. The van der Waals surface area contributed by atoms with Crippen LogP contribution >= 0.6 is 11.3 Å². The molecule has 146 valence electrons. The van der Waals surface area contributed by atoms with Crippen molar-refractivity contribution in [2.45, 2.75) is 13.3 Å². The molecule has 4 aromatic rings. The molecule has 8 heteroatoms. The van der Waals surface area contributed by atoms with Crippen molar-refractivity contribution >= 4 is 27.2 Å². The lowest BCUT2D eigenvalue weighted by Crippen LogP contribution is -2.10. The zero-order chi connectivity index (χ0) is 20.5. The Labute approximate surface area is 168 Å². The summed E-state index contributed by atoms with van der Waals surface area (Å²) in [6.45, 7) is 1.81. The second-order valence-corrected chi connectivity index (χ2v) is 7.40. The summed E-state index contributed by atoms with van der Waals surface area (Å²) in [5, 5.41) is 0.834. The van der Waals surface area contributed by atoms with E-state index in [1.807, 2.05) is 6.92 Å². The number of aryl methyl sites for hydroxylation is 1. The van der Waals surface area contributed by atoms with Crippen LogP contribution in [0.15, 0.2) is 53.6 Å². The first-order valence-electron chi connectivity index (χ1n) is 8.67. The maximum Gasteiger partial charge on any atom is 0.255 e. The molecule has 2 N–H and O–H groups in total. The number of nitrogen functional groups attached to an aromatic ring is 1. The first-order valence-corrected chi connectivity index (χ1v) is 9.49. The summed E-state index contributed by atoms with van der Waals surface area (Å²) in [5.41, 5.74) is 7.08. The molecule has 0 amide bonds. The van der Waals surface area contributed by atoms with Gasteiger partial charge in [-0.1, -0.05) is 11.3 Å². The van der Waals surface area contributed by atoms with Gasteiger partial charge in [-0.25, -0.2) is 18.7 Å². The van der Waals surface area contributed by atoms with E-state index in [9.17, 15) is 13.6 Å². The number of fused-ring (bicyclic) bond motifs is 1. The number of nitrogens with zero attached hydrogens (tertiary/aromatic N) is 2. The minimum absolute atomic E-state index is 0.118. The average molecular weight is 411 g/mol. The Kier molecular flexibility index (Phi) is 4.94. The van der Waals surface area contributed by atoms with Crippen LogP contribution in [0.4, 0.5) is 14.6 Å². The van der Waals surface area contributed by atoms with Gasteiger partial charge >= 0.3 is 0 Å². The number of ether oxygens (including phenoxy) is 1. The zero-order valence-electron chi connectivity index (χ0n) is 15.3. The number of aromatic nitrogens is 2. The number of anilines is 1. The molecular formula is C21H15F2N3O2S. The fraction of sp³-hybridized carbons (Fsp3) is 0.0952. The number of pyridine rings is 2. The highest BCUT2D eigenvalue weighted by Gasteiger charge is 2.15. The van der Waals surface area contributed by atoms with Crippen LogP contribution in [0.3, 0.4) is 0 Å². The monoisotopic (exact) mass is 411 g/mol. The van der Waals surface area contributed by atoms with Crippen molar-refractivity contribution in [1.82, 2.24) is 9.97 Å². The second-order valence-electron chi connectivity index (χ2n) is 6.39. The van der Waals surface area contributed by atoms with Gasteiger partial charge in [0.15, 0.2) is 17.5 Å². The maximum absolute atomic E-state index is 14.2. The van der Waals surface area contributed by atoms with Crippen molar-refractivity contribution in [3.8, 4) is 11.6 Å². The quantitative estimate of drug-likeness (QED) is 0.531. The van der Waals surface area contributed by atoms with Crippen LogP contribution in [0.2, 0.25) is 0 Å². The summed E-state index contributed by atoms with van der Waals surface area (Å²) in [6, 6.07) is 9.36. The number of hydrogen-bond donors (Lipinski definition) is 1. The molecule has 0 spiro atoms. The van der Waals surface area contributed by atoms with Crippen molar-refractivity contribution in [2.75, 3.05) is 5.73 Å². The highest BCUT2D eigenvalue weighted by molar-refractivity contribution is 7.16. The number of hydrogen-bond acceptors (Lipinski definition) is 6. The molecule has 0 saturated carbocycles. The lowest BCUT2D eigenvalue weighted by Gasteiger charge is -2.11. The molecule has 0 radical (unpaired) electrons. The van der Waals surface area contributed by atoms with Crippen molar-refractivity contribution in [3.63, 3.8) is 0 Å². The smallest absolute Gasteiger partial charge is 0.255 e. The molecule has 0 bridgehead atoms. The third kappa shape index (κ3) is 3.66. The molecule has 0 saturated heterocycles. The molecule has 1 aromatic carbocycles. The molecule has 3 heterocycles.